The van der Waals surface area contributed by atoms with Crippen LogP contribution in [0.25, 0.3) is 11.2 Å². The third-order valence-electron chi connectivity index (χ3n) is 6.31. The summed E-state index contributed by atoms with van der Waals surface area (Å²) in [6, 6.07) is 11.9. The van der Waals surface area contributed by atoms with Crippen molar-refractivity contribution in [1.82, 2.24) is 29.3 Å². The summed E-state index contributed by atoms with van der Waals surface area (Å²) in [6.07, 6.45) is -3.79. The number of hydrogen-bond acceptors (Lipinski definition) is 7. The lowest BCUT2D eigenvalue weighted by atomic mass is 9.99. The molecule has 0 bridgehead atoms. The van der Waals surface area contributed by atoms with Gasteiger partial charge in [-0.05, 0) is 49.6 Å². The molecular weight excluding hydrogens is 525 g/mol. The van der Waals surface area contributed by atoms with Crippen LogP contribution in [0.3, 0.4) is 0 Å². The number of fused-ring (bicyclic) bond motifs is 1. The lowest BCUT2D eigenvalue weighted by Crippen LogP contribution is -2.39. The van der Waals surface area contributed by atoms with Crippen molar-refractivity contribution in [2.45, 2.75) is 43.5 Å². The number of aromatic nitrogens is 5. The van der Waals surface area contributed by atoms with Crippen molar-refractivity contribution in [1.29, 1.82) is 0 Å². The average Bonchev–Trinajstić information content (AvgIpc) is 3.28. The van der Waals surface area contributed by atoms with E-state index < -0.39 is 33.6 Å². The molecule has 1 fully saturated rings. The number of nitrogens with zero attached hydrogens (tertiary/aromatic N) is 5. The molecule has 2 aromatic heterocycles. The minimum absolute atomic E-state index is 0.0388. The molecule has 1 N–H and O–H groups in total. The van der Waals surface area contributed by atoms with Gasteiger partial charge in [-0.1, -0.05) is 35.0 Å². The molecule has 1 saturated heterocycles. The van der Waals surface area contributed by atoms with Crippen molar-refractivity contribution < 1.29 is 26.3 Å². The van der Waals surface area contributed by atoms with Crippen LogP contribution in [0.2, 0.25) is 0 Å². The van der Waals surface area contributed by atoms with E-state index in [0.717, 1.165) is 35.4 Å². The Kier molecular flexibility index (Phi) is 6.69. The van der Waals surface area contributed by atoms with Crippen LogP contribution in [-0.2, 0) is 16.6 Å². The quantitative estimate of drug-likeness (QED) is 0.392. The lowest BCUT2D eigenvalue weighted by Gasteiger charge is -2.31. The Hall–Kier alpha value is -3.78. The highest BCUT2D eigenvalue weighted by Crippen LogP contribution is 2.30. The van der Waals surface area contributed by atoms with Gasteiger partial charge in [-0.2, -0.15) is 4.31 Å². The van der Waals surface area contributed by atoms with Crippen molar-refractivity contribution in [3.05, 3.63) is 75.8 Å². The molecule has 0 unspecified atom stereocenters. The molecule has 10 nitrogen and oxygen atoms in total. The maximum atomic E-state index is 13.2. The van der Waals surface area contributed by atoms with E-state index in [2.05, 4.69) is 25.0 Å². The molecule has 0 radical (unpaired) electrons. The monoisotopic (exact) mass is 548 g/mol. The van der Waals surface area contributed by atoms with Gasteiger partial charge in [0.2, 0.25) is 10.0 Å². The van der Waals surface area contributed by atoms with Crippen LogP contribution in [-0.4, -0.2) is 57.1 Å². The highest BCUT2D eigenvalue weighted by atomic mass is 32.2. The maximum Gasteiger partial charge on any atom is 0.573 e. The third-order valence-corrected chi connectivity index (χ3v) is 8.19. The molecule has 0 aliphatic carbocycles. The van der Waals surface area contributed by atoms with E-state index in [9.17, 15) is 26.4 Å². The van der Waals surface area contributed by atoms with Gasteiger partial charge in [0.05, 0.1) is 11.4 Å². The van der Waals surface area contributed by atoms with E-state index in [1.165, 1.54) is 8.99 Å². The smallest absolute Gasteiger partial charge is 0.406 e. The van der Waals surface area contributed by atoms with Gasteiger partial charge in [-0.25, -0.2) is 18.1 Å². The molecule has 1 aliphatic rings. The van der Waals surface area contributed by atoms with E-state index >= 15 is 0 Å². The second kappa shape index (κ2) is 9.83. The number of piperidine rings is 1. The number of ether oxygens (including phenoxy) is 1. The Bertz CT molecular complexity index is 1620. The number of nitrogens with one attached hydrogen (secondary N) is 1. The van der Waals surface area contributed by atoms with Crippen LogP contribution in [0, 0.1) is 6.92 Å². The van der Waals surface area contributed by atoms with Gasteiger partial charge in [-0.3, -0.25) is 4.79 Å². The van der Waals surface area contributed by atoms with Gasteiger partial charge in [-0.15, -0.1) is 18.3 Å². The van der Waals surface area contributed by atoms with E-state index in [4.69, 9.17) is 0 Å². The zero-order chi connectivity index (χ0) is 27.1. The third kappa shape index (κ3) is 5.41. The van der Waals surface area contributed by atoms with Crippen molar-refractivity contribution in [3.63, 3.8) is 0 Å². The molecule has 1 atom stereocenters. The Morgan fingerprint density at radius 1 is 1.11 bits per heavy atom. The van der Waals surface area contributed by atoms with Crippen molar-refractivity contribution in [2.75, 3.05) is 13.1 Å². The predicted molar refractivity (Wildman–Crippen MR) is 130 cm³/mol. The van der Waals surface area contributed by atoms with Gasteiger partial charge in [0.15, 0.2) is 11.2 Å². The Labute approximate surface area is 215 Å². The number of hydrogen-bond donors (Lipinski definition) is 1. The van der Waals surface area contributed by atoms with Gasteiger partial charge in [0.25, 0.3) is 5.56 Å². The first kappa shape index (κ1) is 25.9. The van der Waals surface area contributed by atoms with E-state index in [1.54, 1.807) is 0 Å². The fraction of sp³-hybridized carbons (Fsp3) is 0.333. The molecule has 3 heterocycles. The highest BCUT2D eigenvalue weighted by Gasteiger charge is 2.34. The van der Waals surface area contributed by atoms with Crippen LogP contribution < -0.4 is 10.3 Å². The SMILES string of the molecule is Cc1ccc(Cn2nnc3c(=O)[nH]c([C@@H]4CCCN(S(=O)(=O)c5ccc(OC(F)(F)F)cc5)C4)nc32)cc1. The predicted octanol–water partition coefficient (Wildman–Crippen LogP) is 3.34. The minimum Gasteiger partial charge on any atom is -0.406 e. The first-order chi connectivity index (χ1) is 18.0. The highest BCUT2D eigenvalue weighted by molar-refractivity contribution is 7.89. The van der Waals surface area contributed by atoms with Crippen LogP contribution in [0.15, 0.2) is 58.2 Å². The van der Waals surface area contributed by atoms with Gasteiger partial charge >= 0.3 is 6.36 Å². The molecule has 5 rings (SSSR count). The first-order valence-electron chi connectivity index (χ1n) is 11.7. The average molecular weight is 549 g/mol. The molecule has 0 saturated carbocycles. The van der Waals surface area contributed by atoms with Crippen LogP contribution in [0.5, 0.6) is 5.75 Å². The van der Waals surface area contributed by atoms with Crippen molar-refractivity contribution in [2.24, 2.45) is 0 Å². The molecule has 1 aliphatic heterocycles. The number of halogens is 3. The van der Waals surface area contributed by atoms with Gasteiger partial charge in [0, 0.05) is 19.0 Å². The summed E-state index contributed by atoms with van der Waals surface area (Å²) in [5.41, 5.74) is 1.97. The van der Waals surface area contributed by atoms with Crippen LogP contribution in [0.1, 0.15) is 35.7 Å². The summed E-state index contributed by atoms with van der Waals surface area (Å²) in [7, 11) is -4.01. The second-order valence-corrected chi connectivity index (χ2v) is 11.0. The normalized spacial score (nSPS) is 17.1. The van der Waals surface area contributed by atoms with Crippen LogP contribution in [0.4, 0.5) is 13.2 Å². The number of H-pyrrole nitrogens is 1. The Morgan fingerprint density at radius 3 is 2.50 bits per heavy atom. The van der Waals surface area contributed by atoms with Gasteiger partial charge in [0.1, 0.15) is 11.6 Å². The van der Waals surface area contributed by atoms with E-state index in [-0.39, 0.29) is 23.5 Å². The minimum atomic E-state index is -4.88. The zero-order valence-corrected chi connectivity index (χ0v) is 21.0. The maximum absolute atomic E-state index is 13.2. The molecule has 0 spiro atoms. The molecule has 0 amide bonds. The molecular formula is C24H23F3N6O4S. The summed E-state index contributed by atoms with van der Waals surface area (Å²) >= 11 is 0. The summed E-state index contributed by atoms with van der Waals surface area (Å²) in [6.45, 7) is 2.59. The Balaban J connectivity index is 1.39. The topological polar surface area (TPSA) is 123 Å². The van der Waals surface area contributed by atoms with Crippen molar-refractivity contribution >= 4 is 21.2 Å². The molecule has 38 heavy (non-hydrogen) atoms. The molecule has 14 heteroatoms. The lowest BCUT2D eigenvalue weighted by molar-refractivity contribution is -0.274. The van der Waals surface area contributed by atoms with E-state index in [0.29, 0.717) is 30.9 Å². The summed E-state index contributed by atoms with van der Waals surface area (Å²) in [4.78, 5) is 19.9. The first-order valence-corrected chi connectivity index (χ1v) is 13.2. The van der Waals surface area contributed by atoms with Crippen LogP contribution >= 0.6 is 0 Å². The number of aromatic amines is 1. The number of alkyl halides is 3. The van der Waals surface area contributed by atoms with E-state index in [1.807, 2.05) is 31.2 Å². The number of rotatable bonds is 6. The number of aryl methyl sites for hydroxylation is 1. The summed E-state index contributed by atoms with van der Waals surface area (Å²) in [5, 5.41) is 8.04. The fourth-order valence-electron chi connectivity index (χ4n) is 4.40. The number of sulfonamides is 1. The Morgan fingerprint density at radius 2 is 1.82 bits per heavy atom. The summed E-state index contributed by atoms with van der Waals surface area (Å²) in [5.74, 6) is -0.603. The molecule has 4 aromatic rings. The number of benzene rings is 2. The fourth-order valence-corrected chi connectivity index (χ4v) is 5.92. The molecule has 200 valence electrons. The van der Waals surface area contributed by atoms with Gasteiger partial charge < -0.3 is 9.72 Å². The standard InChI is InChI=1S/C24H23F3N6O4S/c1-15-4-6-16(7-5-15)13-33-22-20(30-31-33)23(34)29-21(28-22)17-3-2-12-32(14-17)38(35,36)19-10-8-18(9-11-19)37-24(25,26)27/h4-11,17H,2-3,12-14H2,1H3,(H,28,29,34)/t17-/m1/s1. The van der Waals surface area contributed by atoms with Crippen molar-refractivity contribution in [3.8, 4) is 5.75 Å². The zero-order valence-electron chi connectivity index (χ0n) is 20.1. The molecule has 2 aromatic carbocycles. The summed E-state index contributed by atoms with van der Waals surface area (Å²) < 4.78 is 70.3. The largest absolute Gasteiger partial charge is 0.573 e. The second-order valence-electron chi connectivity index (χ2n) is 9.08.